The van der Waals surface area contributed by atoms with E-state index in [4.69, 9.17) is 0 Å². The van der Waals surface area contributed by atoms with Crippen LogP contribution in [0.3, 0.4) is 0 Å². The minimum atomic E-state index is -0.682. The fourth-order valence-electron chi connectivity index (χ4n) is 2.93. The maximum Gasteiger partial charge on any atom is 0.252 e. The number of aryl methyl sites for hydroxylation is 1. The standard InChI is InChI=1S/C19H27N3O3/c1-13(2)17(21-18(24)15-9-5-4-8-14(15)3)19(25)20-12-16(23)22-10-6-7-11-22/h4-5,8-9,13,17H,6-7,10-12H2,1-3H3,(H,20,25)(H,21,24). The van der Waals surface area contributed by atoms with Crippen molar-refractivity contribution >= 4 is 17.7 Å². The molecule has 1 fully saturated rings. The highest BCUT2D eigenvalue weighted by atomic mass is 16.2. The van der Waals surface area contributed by atoms with Gasteiger partial charge in [-0.2, -0.15) is 0 Å². The number of amides is 3. The van der Waals surface area contributed by atoms with E-state index in [0.717, 1.165) is 31.5 Å². The van der Waals surface area contributed by atoms with Gasteiger partial charge in [0.15, 0.2) is 0 Å². The van der Waals surface area contributed by atoms with E-state index in [2.05, 4.69) is 10.6 Å². The Morgan fingerprint density at radius 2 is 1.76 bits per heavy atom. The van der Waals surface area contributed by atoms with Crippen LogP contribution in [0, 0.1) is 12.8 Å². The Morgan fingerprint density at radius 3 is 2.36 bits per heavy atom. The fourth-order valence-corrected chi connectivity index (χ4v) is 2.93. The van der Waals surface area contributed by atoms with E-state index in [9.17, 15) is 14.4 Å². The smallest absolute Gasteiger partial charge is 0.252 e. The van der Waals surface area contributed by atoms with E-state index in [-0.39, 0.29) is 30.2 Å². The Hall–Kier alpha value is -2.37. The number of carbonyl (C=O) groups excluding carboxylic acids is 3. The minimum absolute atomic E-state index is 0.0255. The molecule has 1 aliphatic rings. The summed E-state index contributed by atoms with van der Waals surface area (Å²) in [4.78, 5) is 38.7. The van der Waals surface area contributed by atoms with Crippen LogP contribution >= 0.6 is 0 Å². The molecule has 1 unspecified atom stereocenters. The number of nitrogens with zero attached hydrogens (tertiary/aromatic N) is 1. The summed E-state index contributed by atoms with van der Waals surface area (Å²) in [5.41, 5.74) is 1.40. The number of hydrogen-bond donors (Lipinski definition) is 2. The first-order valence-electron chi connectivity index (χ1n) is 8.82. The lowest BCUT2D eigenvalue weighted by Gasteiger charge is -2.23. The molecule has 0 aromatic heterocycles. The number of rotatable bonds is 6. The Kier molecular flexibility index (Phi) is 6.56. The normalized spacial score (nSPS) is 15.1. The van der Waals surface area contributed by atoms with Crippen molar-refractivity contribution in [3.8, 4) is 0 Å². The molecule has 1 heterocycles. The summed E-state index contributed by atoms with van der Waals surface area (Å²) in [6, 6.07) is 6.56. The number of carbonyl (C=O) groups is 3. The van der Waals surface area contributed by atoms with Crippen molar-refractivity contribution in [3.63, 3.8) is 0 Å². The second kappa shape index (κ2) is 8.65. The van der Waals surface area contributed by atoms with Gasteiger partial charge in [-0.1, -0.05) is 32.0 Å². The van der Waals surface area contributed by atoms with Gasteiger partial charge in [0.2, 0.25) is 11.8 Å². The Bertz CT molecular complexity index is 637. The van der Waals surface area contributed by atoms with Crippen molar-refractivity contribution in [2.45, 2.75) is 39.7 Å². The molecule has 1 aromatic rings. The fraction of sp³-hybridized carbons (Fsp3) is 0.526. The summed E-state index contributed by atoms with van der Waals surface area (Å²) in [7, 11) is 0. The molecule has 0 radical (unpaired) electrons. The summed E-state index contributed by atoms with van der Waals surface area (Å²) in [5.74, 6) is -0.768. The molecule has 1 atom stereocenters. The zero-order valence-electron chi connectivity index (χ0n) is 15.2. The van der Waals surface area contributed by atoms with Gasteiger partial charge in [0, 0.05) is 18.7 Å². The number of nitrogens with one attached hydrogen (secondary N) is 2. The van der Waals surface area contributed by atoms with Crippen molar-refractivity contribution in [2.24, 2.45) is 5.92 Å². The number of hydrogen-bond acceptors (Lipinski definition) is 3. The van der Waals surface area contributed by atoms with E-state index in [1.165, 1.54) is 0 Å². The van der Waals surface area contributed by atoms with Gasteiger partial charge in [0.05, 0.1) is 6.54 Å². The first kappa shape index (κ1) is 19.0. The third-order valence-corrected chi connectivity index (χ3v) is 4.50. The average molecular weight is 345 g/mol. The van der Waals surface area contributed by atoms with Gasteiger partial charge in [0.1, 0.15) is 6.04 Å². The molecule has 6 nitrogen and oxygen atoms in total. The predicted octanol–water partition coefficient (Wildman–Crippen LogP) is 1.49. The van der Waals surface area contributed by atoms with Crippen molar-refractivity contribution in [3.05, 3.63) is 35.4 Å². The lowest BCUT2D eigenvalue weighted by Crippen LogP contribution is -2.51. The van der Waals surface area contributed by atoms with Gasteiger partial charge in [-0.25, -0.2) is 0 Å². The molecular formula is C19H27N3O3. The summed E-state index contributed by atoms with van der Waals surface area (Å²) in [5, 5.41) is 5.46. The monoisotopic (exact) mass is 345 g/mol. The van der Waals surface area contributed by atoms with Crippen LogP contribution in [0.1, 0.15) is 42.6 Å². The lowest BCUT2D eigenvalue weighted by atomic mass is 10.0. The van der Waals surface area contributed by atoms with Gasteiger partial charge < -0.3 is 15.5 Å². The Labute approximate surface area is 149 Å². The Balaban J connectivity index is 1.95. The van der Waals surface area contributed by atoms with Gasteiger partial charge in [-0.05, 0) is 37.3 Å². The molecule has 0 spiro atoms. The second-order valence-electron chi connectivity index (χ2n) is 6.82. The first-order chi connectivity index (χ1) is 11.9. The van der Waals surface area contributed by atoms with E-state index in [1.807, 2.05) is 32.9 Å². The summed E-state index contributed by atoms with van der Waals surface area (Å²) < 4.78 is 0. The SMILES string of the molecule is Cc1ccccc1C(=O)NC(C(=O)NCC(=O)N1CCCC1)C(C)C. The van der Waals surface area contributed by atoms with Crippen LogP contribution in [0.4, 0.5) is 0 Å². The summed E-state index contributed by atoms with van der Waals surface area (Å²) in [6.07, 6.45) is 2.03. The quantitative estimate of drug-likeness (QED) is 0.820. The maximum atomic E-state index is 12.5. The molecule has 1 aliphatic heterocycles. The van der Waals surface area contributed by atoms with Crippen molar-refractivity contribution < 1.29 is 14.4 Å². The van der Waals surface area contributed by atoms with Crippen LogP contribution in [-0.4, -0.2) is 48.3 Å². The van der Waals surface area contributed by atoms with Crippen molar-refractivity contribution in [1.29, 1.82) is 0 Å². The highest BCUT2D eigenvalue weighted by Gasteiger charge is 2.26. The van der Waals surface area contributed by atoms with Gasteiger partial charge in [-0.15, -0.1) is 0 Å². The molecule has 136 valence electrons. The highest BCUT2D eigenvalue weighted by molar-refractivity contribution is 5.99. The molecule has 1 saturated heterocycles. The predicted molar refractivity (Wildman–Crippen MR) is 96.1 cm³/mol. The van der Waals surface area contributed by atoms with Crippen LogP contribution < -0.4 is 10.6 Å². The molecule has 2 rings (SSSR count). The molecule has 0 bridgehead atoms. The number of likely N-dealkylation sites (tertiary alicyclic amines) is 1. The van der Waals surface area contributed by atoms with E-state index in [0.29, 0.717) is 5.56 Å². The summed E-state index contributed by atoms with van der Waals surface area (Å²) in [6.45, 7) is 7.07. The lowest BCUT2D eigenvalue weighted by molar-refractivity contribution is -0.132. The molecule has 2 N–H and O–H groups in total. The topological polar surface area (TPSA) is 78.5 Å². The minimum Gasteiger partial charge on any atom is -0.345 e. The number of benzene rings is 1. The largest absolute Gasteiger partial charge is 0.345 e. The third kappa shape index (κ3) is 5.05. The van der Waals surface area contributed by atoms with Gasteiger partial charge >= 0.3 is 0 Å². The van der Waals surface area contributed by atoms with Gasteiger partial charge in [-0.3, -0.25) is 14.4 Å². The molecule has 25 heavy (non-hydrogen) atoms. The van der Waals surface area contributed by atoms with Crippen LogP contribution in [0.25, 0.3) is 0 Å². The zero-order chi connectivity index (χ0) is 18.4. The second-order valence-corrected chi connectivity index (χ2v) is 6.82. The molecule has 3 amide bonds. The molecule has 6 heteroatoms. The van der Waals surface area contributed by atoms with Crippen molar-refractivity contribution in [1.82, 2.24) is 15.5 Å². The summed E-state index contributed by atoms with van der Waals surface area (Å²) >= 11 is 0. The van der Waals surface area contributed by atoms with Crippen LogP contribution in [0.5, 0.6) is 0 Å². The zero-order valence-corrected chi connectivity index (χ0v) is 15.2. The van der Waals surface area contributed by atoms with Crippen molar-refractivity contribution in [2.75, 3.05) is 19.6 Å². The molecule has 0 saturated carbocycles. The highest BCUT2D eigenvalue weighted by Crippen LogP contribution is 2.10. The average Bonchev–Trinajstić information content (AvgIpc) is 3.11. The molecule has 1 aromatic carbocycles. The van der Waals surface area contributed by atoms with Crippen LogP contribution in [-0.2, 0) is 9.59 Å². The molecular weight excluding hydrogens is 318 g/mol. The van der Waals surface area contributed by atoms with Crippen LogP contribution in [0.15, 0.2) is 24.3 Å². The maximum absolute atomic E-state index is 12.5. The Morgan fingerprint density at radius 1 is 1.12 bits per heavy atom. The van der Waals surface area contributed by atoms with Crippen LogP contribution in [0.2, 0.25) is 0 Å². The van der Waals surface area contributed by atoms with Gasteiger partial charge in [0.25, 0.3) is 5.91 Å². The molecule has 0 aliphatic carbocycles. The first-order valence-corrected chi connectivity index (χ1v) is 8.82. The van der Waals surface area contributed by atoms with E-state index >= 15 is 0 Å². The van der Waals surface area contributed by atoms with E-state index in [1.54, 1.807) is 17.0 Å². The van der Waals surface area contributed by atoms with E-state index < -0.39 is 6.04 Å². The third-order valence-electron chi connectivity index (χ3n) is 4.50.